The molecule has 0 atom stereocenters. The zero-order valence-corrected chi connectivity index (χ0v) is 13.5. The number of nitro benzene ring substituents is 1. The molecule has 0 radical (unpaired) electrons. The number of non-ortho nitro benzene ring substituents is 1. The second-order valence-corrected chi connectivity index (χ2v) is 7.92. The highest BCUT2D eigenvalue weighted by Gasteiger charge is 2.27. The van der Waals surface area contributed by atoms with Crippen LogP contribution in [0.1, 0.15) is 0 Å². The molecule has 0 heterocycles. The van der Waals surface area contributed by atoms with Crippen LogP contribution in [0.4, 0.5) is 5.69 Å². The van der Waals surface area contributed by atoms with Crippen LogP contribution in [0.25, 0.3) is 0 Å². The predicted molar refractivity (Wildman–Crippen MR) is 80.0 cm³/mol. The van der Waals surface area contributed by atoms with Gasteiger partial charge in [-0.05, 0) is 30.3 Å². The third-order valence-corrected chi connectivity index (χ3v) is 5.96. The lowest BCUT2D eigenvalue weighted by molar-refractivity contribution is -0.385. The Balaban J connectivity index is 2.39. The van der Waals surface area contributed by atoms with Crippen LogP contribution in [0.15, 0.2) is 58.3 Å². The van der Waals surface area contributed by atoms with Gasteiger partial charge in [-0.1, -0.05) is 17.7 Å². The standard InChI is InChI=1S/C12H8ClNO7S2/c13-9-4-6-11(7-5-9)22(17,18)21-23(19,20)12-3-1-2-10(8-12)14(15)16/h1-8H. The smallest absolute Gasteiger partial charge is 0.258 e. The first kappa shape index (κ1) is 17.3. The Morgan fingerprint density at radius 3 is 2.04 bits per heavy atom. The zero-order valence-electron chi connectivity index (χ0n) is 11.1. The fraction of sp³-hybridized carbons (Fsp3) is 0. The molecule has 0 spiro atoms. The molecule has 0 saturated heterocycles. The van der Waals surface area contributed by atoms with E-state index in [2.05, 4.69) is 3.63 Å². The van der Waals surface area contributed by atoms with E-state index in [1.165, 1.54) is 12.1 Å². The number of rotatable bonds is 5. The fourth-order valence-corrected chi connectivity index (χ4v) is 4.23. The van der Waals surface area contributed by atoms with Crippen molar-refractivity contribution in [1.82, 2.24) is 0 Å². The van der Waals surface area contributed by atoms with Crippen molar-refractivity contribution in [2.75, 3.05) is 0 Å². The minimum Gasteiger partial charge on any atom is -0.258 e. The summed E-state index contributed by atoms with van der Waals surface area (Å²) in [6.45, 7) is 0. The van der Waals surface area contributed by atoms with E-state index in [1.807, 2.05) is 0 Å². The van der Waals surface area contributed by atoms with E-state index in [9.17, 15) is 26.9 Å². The first-order valence-electron chi connectivity index (χ1n) is 5.83. The molecule has 11 heteroatoms. The monoisotopic (exact) mass is 377 g/mol. The molecule has 0 saturated carbocycles. The maximum absolute atomic E-state index is 12.0. The van der Waals surface area contributed by atoms with Gasteiger partial charge in [-0.15, -0.1) is 3.63 Å². The molecule has 0 aliphatic carbocycles. The summed E-state index contributed by atoms with van der Waals surface area (Å²) in [5.74, 6) is 0. The second-order valence-electron chi connectivity index (χ2n) is 4.18. The first-order chi connectivity index (χ1) is 10.6. The van der Waals surface area contributed by atoms with Crippen molar-refractivity contribution < 1.29 is 25.4 Å². The molecule has 2 aromatic carbocycles. The quantitative estimate of drug-likeness (QED) is 0.579. The minimum atomic E-state index is -4.76. The lowest BCUT2D eigenvalue weighted by Crippen LogP contribution is -2.14. The summed E-state index contributed by atoms with van der Waals surface area (Å²) in [5.41, 5.74) is -0.515. The average molecular weight is 378 g/mol. The Bertz CT molecular complexity index is 953. The van der Waals surface area contributed by atoms with E-state index in [0.717, 1.165) is 30.3 Å². The van der Waals surface area contributed by atoms with Gasteiger partial charge < -0.3 is 0 Å². The summed E-state index contributed by atoms with van der Waals surface area (Å²) >= 11 is 5.62. The molecule has 0 aliphatic rings. The first-order valence-corrected chi connectivity index (χ1v) is 9.02. The van der Waals surface area contributed by atoms with E-state index >= 15 is 0 Å². The number of nitro groups is 1. The van der Waals surface area contributed by atoms with Gasteiger partial charge in [-0.2, -0.15) is 16.8 Å². The van der Waals surface area contributed by atoms with Gasteiger partial charge in [-0.25, -0.2) is 0 Å². The SMILES string of the molecule is O=[N+]([O-])c1cccc(S(=O)(=O)OS(=O)(=O)c2ccc(Cl)cc2)c1. The van der Waals surface area contributed by atoms with E-state index < -0.39 is 40.6 Å². The molecular formula is C12H8ClNO7S2. The third-order valence-electron chi connectivity index (χ3n) is 2.60. The topological polar surface area (TPSA) is 121 Å². The van der Waals surface area contributed by atoms with Gasteiger partial charge >= 0.3 is 20.2 Å². The maximum Gasteiger partial charge on any atom is 0.311 e. The molecular weight excluding hydrogens is 370 g/mol. The Morgan fingerprint density at radius 2 is 1.48 bits per heavy atom. The summed E-state index contributed by atoms with van der Waals surface area (Å²) in [5, 5.41) is 10.9. The molecule has 2 aromatic rings. The van der Waals surface area contributed by atoms with Crippen LogP contribution < -0.4 is 0 Å². The molecule has 0 N–H and O–H groups in total. The molecule has 0 unspecified atom stereocenters. The Kier molecular flexibility index (Phi) is 4.71. The maximum atomic E-state index is 12.0. The molecule has 0 fully saturated rings. The van der Waals surface area contributed by atoms with Gasteiger partial charge in [0.2, 0.25) is 0 Å². The molecule has 8 nitrogen and oxygen atoms in total. The van der Waals surface area contributed by atoms with Crippen molar-refractivity contribution in [2.24, 2.45) is 0 Å². The van der Waals surface area contributed by atoms with E-state index in [0.29, 0.717) is 6.07 Å². The van der Waals surface area contributed by atoms with Crippen LogP contribution in [0.2, 0.25) is 5.02 Å². The lowest BCUT2D eigenvalue weighted by atomic mass is 10.3. The molecule has 0 aromatic heterocycles. The van der Waals surface area contributed by atoms with E-state index in [4.69, 9.17) is 11.6 Å². The minimum absolute atomic E-state index is 0.255. The van der Waals surface area contributed by atoms with Crippen molar-refractivity contribution in [3.05, 3.63) is 63.7 Å². The Hall–Kier alpha value is -2.01. The molecule has 122 valence electrons. The van der Waals surface area contributed by atoms with Crippen LogP contribution in [-0.2, 0) is 23.9 Å². The summed E-state index contributed by atoms with van der Waals surface area (Å²) in [6, 6.07) is 8.49. The van der Waals surface area contributed by atoms with Crippen LogP contribution in [0.3, 0.4) is 0 Å². The molecule has 23 heavy (non-hydrogen) atoms. The average Bonchev–Trinajstić information content (AvgIpc) is 2.46. The normalized spacial score (nSPS) is 12.0. The van der Waals surface area contributed by atoms with Gasteiger partial charge in [0.25, 0.3) is 5.69 Å². The molecule has 0 amide bonds. The van der Waals surface area contributed by atoms with Crippen LogP contribution in [0.5, 0.6) is 0 Å². The van der Waals surface area contributed by atoms with Crippen molar-refractivity contribution in [2.45, 2.75) is 9.79 Å². The largest absolute Gasteiger partial charge is 0.311 e. The van der Waals surface area contributed by atoms with Gasteiger partial charge in [0, 0.05) is 17.2 Å². The van der Waals surface area contributed by atoms with Crippen LogP contribution >= 0.6 is 11.6 Å². The highest BCUT2D eigenvalue weighted by Crippen LogP contribution is 2.24. The Morgan fingerprint density at radius 1 is 0.913 bits per heavy atom. The second kappa shape index (κ2) is 6.24. The van der Waals surface area contributed by atoms with Gasteiger partial charge in [0.05, 0.1) is 9.82 Å². The molecule has 0 bridgehead atoms. The predicted octanol–water partition coefficient (Wildman–Crippen LogP) is 2.34. The van der Waals surface area contributed by atoms with Crippen molar-refractivity contribution >= 4 is 37.5 Å². The fourth-order valence-electron chi connectivity index (χ4n) is 1.55. The van der Waals surface area contributed by atoms with Gasteiger partial charge in [0.1, 0.15) is 4.90 Å². The zero-order chi connectivity index (χ0) is 17.3. The summed E-state index contributed by atoms with van der Waals surface area (Å²) in [6.07, 6.45) is 0. The number of hydrogen-bond donors (Lipinski definition) is 0. The van der Waals surface area contributed by atoms with Gasteiger partial charge in [0.15, 0.2) is 0 Å². The summed E-state index contributed by atoms with van der Waals surface area (Å²) in [4.78, 5) is 8.78. The van der Waals surface area contributed by atoms with Crippen molar-refractivity contribution in [1.29, 1.82) is 0 Å². The van der Waals surface area contributed by atoms with Crippen LogP contribution in [-0.4, -0.2) is 21.8 Å². The number of hydrogen-bond acceptors (Lipinski definition) is 7. The lowest BCUT2D eigenvalue weighted by Gasteiger charge is -2.06. The number of benzene rings is 2. The van der Waals surface area contributed by atoms with Crippen molar-refractivity contribution in [3.8, 4) is 0 Å². The highest BCUT2D eigenvalue weighted by atomic mass is 35.5. The number of halogens is 1. The number of nitrogens with zero attached hydrogens (tertiary/aromatic N) is 1. The van der Waals surface area contributed by atoms with Crippen molar-refractivity contribution in [3.63, 3.8) is 0 Å². The van der Waals surface area contributed by atoms with E-state index in [-0.39, 0.29) is 5.02 Å². The third kappa shape index (κ3) is 4.05. The molecule has 2 rings (SSSR count). The van der Waals surface area contributed by atoms with Crippen LogP contribution in [0, 0.1) is 10.1 Å². The summed E-state index contributed by atoms with van der Waals surface area (Å²) in [7, 11) is -9.39. The Labute approximate surface area is 136 Å². The highest BCUT2D eigenvalue weighted by molar-refractivity contribution is 7.99. The molecule has 0 aliphatic heterocycles. The van der Waals surface area contributed by atoms with E-state index in [1.54, 1.807) is 0 Å². The summed E-state index contributed by atoms with van der Waals surface area (Å²) < 4.78 is 52.2. The van der Waals surface area contributed by atoms with Gasteiger partial charge in [-0.3, -0.25) is 10.1 Å².